The van der Waals surface area contributed by atoms with Gasteiger partial charge in [-0.1, -0.05) is 13.8 Å². The zero-order valence-corrected chi connectivity index (χ0v) is 11.6. The summed E-state index contributed by atoms with van der Waals surface area (Å²) in [7, 11) is 0. The van der Waals surface area contributed by atoms with Crippen molar-refractivity contribution in [1.82, 2.24) is 5.32 Å². The number of halogens is 3. The van der Waals surface area contributed by atoms with Gasteiger partial charge in [-0.05, 0) is 30.2 Å². The Morgan fingerprint density at radius 1 is 1.25 bits per heavy atom. The predicted octanol–water partition coefficient (Wildman–Crippen LogP) is 3.02. The van der Waals surface area contributed by atoms with Crippen LogP contribution in [-0.2, 0) is 0 Å². The first-order valence-corrected chi connectivity index (χ1v) is 6.70. The minimum absolute atomic E-state index is 0.183. The smallest absolute Gasteiger partial charge is 0.406 e. The van der Waals surface area contributed by atoms with Crippen LogP contribution in [0.1, 0.15) is 13.8 Å². The second-order valence-electron chi connectivity index (χ2n) is 5.25. The number of benzene rings is 1. The average molecular weight is 288 g/mol. The van der Waals surface area contributed by atoms with Crippen molar-refractivity contribution in [3.63, 3.8) is 0 Å². The van der Waals surface area contributed by atoms with E-state index >= 15 is 0 Å². The molecule has 1 aromatic rings. The highest BCUT2D eigenvalue weighted by atomic mass is 19.4. The number of nitrogens with one attached hydrogen (secondary N) is 1. The maximum atomic E-state index is 12.1. The largest absolute Gasteiger partial charge is 0.573 e. The quantitative estimate of drug-likeness (QED) is 0.925. The highest BCUT2D eigenvalue weighted by Gasteiger charge is 2.31. The van der Waals surface area contributed by atoms with E-state index in [1.165, 1.54) is 12.1 Å². The number of alkyl halides is 3. The monoisotopic (exact) mass is 288 g/mol. The number of nitrogens with zero attached hydrogens (tertiary/aromatic N) is 1. The van der Waals surface area contributed by atoms with E-state index in [4.69, 9.17) is 0 Å². The van der Waals surface area contributed by atoms with Gasteiger partial charge >= 0.3 is 6.36 Å². The molecule has 1 aliphatic heterocycles. The topological polar surface area (TPSA) is 24.5 Å². The van der Waals surface area contributed by atoms with Crippen LogP contribution in [0.3, 0.4) is 0 Å². The van der Waals surface area contributed by atoms with Gasteiger partial charge in [-0.2, -0.15) is 0 Å². The number of piperazine rings is 1. The molecule has 1 aromatic carbocycles. The summed E-state index contributed by atoms with van der Waals surface area (Å²) in [4.78, 5) is 2.23. The van der Waals surface area contributed by atoms with Crippen molar-refractivity contribution in [2.75, 3.05) is 24.5 Å². The summed E-state index contributed by atoms with van der Waals surface area (Å²) in [6.07, 6.45) is -4.64. The van der Waals surface area contributed by atoms with E-state index in [9.17, 15) is 13.2 Å². The van der Waals surface area contributed by atoms with Gasteiger partial charge in [0.25, 0.3) is 0 Å². The van der Waals surface area contributed by atoms with Gasteiger partial charge < -0.3 is 15.0 Å². The van der Waals surface area contributed by atoms with Crippen LogP contribution >= 0.6 is 0 Å². The van der Waals surface area contributed by atoms with Gasteiger partial charge in [-0.25, -0.2) is 0 Å². The molecule has 0 amide bonds. The summed E-state index contributed by atoms with van der Waals surface area (Å²) in [5.41, 5.74) is 0.930. The zero-order chi connectivity index (χ0) is 14.8. The maximum absolute atomic E-state index is 12.1. The summed E-state index contributed by atoms with van der Waals surface area (Å²) >= 11 is 0. The Bertz CT molecular complexity index is 431. The molecule has 1 heterocycles. The first-order valence-electron chi connectivity index (χ1n) is 6.70. The minimum Gasteiger partial charge on any atom is -0.406 e. The molecule has 0 aromatic heterocycles. The Morgan fingerprint density at radius 2 is 1.90 bits per heavy atom. The van der Waals surface area contributed by atoms with E-state index in [0.717, 1.165) is 25.3 Å². The molecule has 1 atom stereocenters. The van der Waals surface area contributed by atoms with Crippen molar-refractivity contribution in [2.45, 2.75) is 26.3 Å². The molecule has 112 valence electrons. The molecule has 1 aliphatic rings. The molecule has 0 spiro atoms. The molecule has 3 nitrogen and oxygen atoms in total. The van der Waals surface area contributed by atoms with E-state index in [1.807, 2.05) is 0 Å². The standard InChI is InChI=1S/C14H19F3N2O/c1-10(2)13-9-18-7-8-19(13)11-3-5-12(6-4-11)20-14(15,16)17/h3-6,10,13,18H,7-9H2,1-2H3. The zero-order valence-electron chi connectivity index (χ0n) is 11.6. The van der Waals surface area contributed by atoms with E-state index in [1.54, 1.807) is 12.1 Å². The SMILES string of the molecule is CC(C)C1CNCCN1c1ccc(OC(F)(F)F)cc1. The van der Waals surface area contributed by atoms with Crippen molar-refractivity contribution >= 4 is 5.69 Å². The Balaban J connectivity index is 2.12. The lowest BCUT2D eigenvalue weighted by Gasteiger charge is -2.40. The van der Waals surface area contributed by atoms with E-state index in [0.29, 0.717) is 12.0 Å². The molecular formula is C14H19F3N2O. The minimum atomic E-state index is -4.64. The lowest BCUT2D eigenvalue weighted by Crippen LogP contribution is -2.53. The second kappa shape index (κ2) is 5.91. The van der Waals surface area contributed by atoms with E-state index in [2.05, 4.69) is 28.8 Å². The third kappa shape index (κ3) is 3.79. The van der Waals surface area contributed by atoms with Crippen molar-refractivity contribution in [3.8, 4) is 5.75 Å². The van der Waals surface area contributed by atoms with E-state index < -0.39 is 6.36 Å². The first-order chi connectivity index (χ1) is 9.37. The van der Waals surface area contributed by atoms with Crippen LogP contribution in [0.2, 0.25) is 0 Å². The fourth-order valence-corrected chi connectivity index (χ4v) is 2.48. The fourth-order valence-electron chi connectivity index (χ4n) is 2.48. The Morgan fingerprint density at radius 3 is 2.45 bits per heavy atom. The van der Waals surface area contributed by atoms with Gasteiger partial charge in [0, 0.05) is 31.4 Å². The first kappa shape index (κ1) is 15.0. The Hall–Kier alpha value is -1.43. The molecule has 2 rings (SSSR count). The van der Waals surface area contributed by atoms with Crippen LogP contribution in [0.5, 0.6) is 5.75 Å². The van der Waals surface area contributed by atoms with Crippen molar-refractivity contribution in [2.24, 2.45) is 5.92 Å². The molecule has 0 saturated carbocycles. The van der Waals surface area contributed by atoms with Crippen LogP contribution in [0.15, 0.2) is 24.3 Å². The van der Waals surface area contributed by atoms with Gasteiger partial charge in [0.05, 0.1) is 0 Å². The Labute approximate surface area is 116 Å². The van der Waals surface area contributed by atoms with Crippen molar-refractivity contribution < 1.29 is 17.9 Å². The third-order valence-corrected chi connectivity index (χ3v) is 3.45. The fraction of sp³-hybridized carbons (Fsp3) is 0.571. The van der Waals surface area contributed by atoms with Crippen LogP contribution < -0.4 is 15.0 Å². The van der Waals surface area contributed by atoms with Crippen LogP contribution in [0.25, 0.3) is 0 Å². The summed E-state index contributed by atoms with van der Waals surface area (Å²) in [6.45, 7) is 6.91. The molecule has 20 heavy (non-hydrogen) atoms. The number of hydrogen-bond donors (Lipinski definition) is 1. The van der Waals surface area contributed by atoms with Crippen molar-refractivity contribution in [1.29, 1.82) is 0 Å². The number of hydrogen-bond acceptors (Lipinski definition) is 3. The molecular weight excluding hydrogens is 269 g/mol. The summed E-state index contributed by atoms with van der Waals surface area (Å²) in [6, 6.07) is 6.44. The Kier molecular flexibility index (Phi) is 4.42. The summed E-state index contributed by atoms with van der Waals surface area (Å²) in [5, 5.41) is 3.34. The average Bonchev–Trinajstić information content (AvgIpc) is 2.38. The number of rotatable bonds is 3. The van der Waals surface area contributed by atoms with Gasteiger partial charge in [-0.3, -0.25) is 0 Å². The van der Waals surface area contributed by atoms with Crippen LogP contribution in [-0.4, -0.2) is 32.0 Å². The molecule has 1 saturated heterocycles. The lowest BCUT2D eigenvalue weighted by molar-refractivity contribution is -0.274. The van der Waals surface area contributed by atoms with Gasteiger partial charge in [0.1, 0.15) is 5.75 Å². The van der Waals surface area contributed by atoms with E-state index in [-0.39, 0.29) is 5.75 Å². The second-order valence-corrected chi connectivity index (χ2v) is 5.25. The molecule has 6 heteroatoms. The van der Waals surface area contributed by atoms with Crippen molar-refractivity contribution in [3.05, 3.63) is 24.3 Å². The normalized spacial score (nSPS) is 20.3. The lowest BCUT2D eigenvalue weighted by atomic mass is 10.00. The van der Waals surface area contributed by atoms with Crippen LogP contribution in [0.4, 0.5) is 18.9 Å². The van der Waals surface area contributed by atoms with Gasteiger partial charge in [0.15, 0.2) is 0 Å². The number of anilines is 1. The third-order valence-electron chi connectivity index (χ3n) is 3.45. The summed E-state index contributed by atoms with van der Waals surface area (Å²) in [5.74, 6) is 0.284. The predicted molar refractivity (Wildman–Crippen MR) is 72.0 cm³/mol. The molecule has 1 unspecified atom stereocenters. The van der Waals surface area contributed by atoms with Crippen LogP contribution in [0, 0.1) is 5.92 Å². The summed E-state index contributed by atoms with van der Waals surface area (Å²) < 4.78 is 40.3. The molecule has 0 radical (unpaired) electrons. The highest BCUT2D eigenvalue weighted by molar-refractivity contribution is 5.50. The maximum Gasteiger partial charge on any atom is 0.573 e. The highest BCUT2D eigenvalue weighted by Crippen LogP contribution is 2.27. The number of ether oxygens (including phenoxy) is 1. The van der Waals surface area contributed by atoms with Gasteiger partial charge in [0.2, 0.25) is 0 Å². The molecule has 1 N–H and O–H groups in total. The molecule has 0 aliphatic carbocycles. The van der Waals surface area contributed by atoms with Gasteiger partial charge in [-0.15, -0.1) is 13.2 Å². The molecule has 1 fully saturated rings. The molecule has 0 bridgehead atoms.